The van der Waals surface area contributed by atoms with E-state index >= 15 is 0 Å². The zero-order chi connectivity index (χ0) is 11.3. The normalized spacial score (nSPS) is 11.3. The fourth-order valence-electron chi connectivity index (χ4n) is 0.938. The molecule has 0 spiro atoms. The van der Waals surface area contributed by atoms with Crippen molar-refractivity contribution in [1.29, 1.82) is 0 Å². The number of hydrogen-bond acceptors (Lipinski definition) is 5. The Morgan fingerprint density at radius 2 is 2.00 bits per heavy atom. The fourth-order valence-corrected chi connectivity index (χ4v) is 1.70. The summed E-state index contributed by atoms with van der Waals surface area (Å²) in [5, 5.41) is 3.37. The van der Waals surface area contributed by atoms with Gasteiger partial charge >= 0.3 is 0 Å². The highest BCUT2D eigenvalue weighted by Crippen LogP contribution is 2.05. The molecule has 1 N–H and O–H groups in total. The van der Waals surface area contributed by atoms with Crippen molar-refractivity contribution >= 4 is 27.4 Å². The molecule has 0 atom stereocenters. The van der Waals surface area contributed by atoms with Crippen LogP contribution in [0.4, 0.5) is 5.95 Å². The number of rotatable bonds is 5. The molecule has 0 amide bonds. The third kappa shape index (κ3) is 5.54. The van der Waals surface area contributed by atoms with Crippen molar-refractivity contribution in [2.24, 2.45) is 0 Å². The van der Waals surface area contributed by atoms with Crippen LogP contribution in [0.15, 0.2) is 12.4 Å². The number of sulfone groups is 1. The van der Waals surface area contributed by atoms with Gasteiger partial charge in [-0.3, -0.25) is 0 Å². The Morgan fingerprint density at radius 1 is 1.40 bits per heavy atom. The minimum Gasteiger partial charge on any atom is -0.354 e. The van der Waals surface area contributed by atoms with Crippen LogP contribution in [0, 0.1) is 0 Å². The standard InChI is InChI=1S/C8H12ClN3O2S/c1-15(13,14)4-2-3-10-8-11-5-7(9)6-12-8/h5-6H,2-4H2,1H3,(H,10,11,12). The molecule has 0 fully saturated rings. The molecule has 0 bridgehead atoms. The van der Waals surface area contributed by atoms with E-state index in [2.05, 4.69) is 15.3 Å². The van der Waals surface area contributed by atoms with Crippen molar-refractivity contribution in [3.05, 3.63) is 17.4 Å². The van der Waals surface area contributed by atoms with Crippen LogP contribution in [0.1, 0.15) is 6.42 Å². The first-order valence-electron chi connectivity index (χ1n) is 4.36. The van der Waals surface area contributed by atoms with Crippen LogP contribution >= 0.6 is 11.6 Å². The molecule has 1 heterocycles. The first-order chi connectivity index (χ1) is 6.97. The summed E-state index contributed by atoms with van der Waals surface area (Å²) in [5.41, 5.74) is 0. The summed E-state index contributed by atoms with van der Waals surface area (Å²) in [5.74, 6) is 0.612. The molecule has 1 aromatic rings. The van der Waals surface area contributed by atoms with Gasteiger partial charge in [-0.15, -0.1) is 0 Å². The first kappa shape index (κ1) is 12.2. The number of aromatic nitrogens is 2. The summed E-state index contributed by atoms with van der Waals surface area (Å²) in [6.45, 7) is 0.523. The van der Waals surface area contributed by atoms with E-state index < -0.39 is 9.84 Å². The quantitative estimate of drug-likeness (QED) is 0.788. The van der Waals surface area contributed by atoms with Crippen LogP contribution < -0.4 is 5.32 Å². The maximum Gasteiger partial charge on any atom is 0.222 e. The molecule has 1 rings (SSSR count). The lowest BCUT2D eigenvalue weighted by atomic mass is 10.5. The van der Waals surface area contributed by atoms with Crippen molar-refractivity contribution in [3.8, 4) is 0 Å². The van der Waals surface area contributed by atoms with Gasteiger partial charge in [0.2, 0.25) is 5.95 Å². The highest BCUT2D eigenvalue weighted by Gasteiger charge is 2.01. The fraction of sp³-hybridized carbons (Fsp3) is 0.500. The minimum absolute atomic E-state index is 0.160. The molecule has 15 heavy (non-hydrogen) atoms. The molecule has 0 saturated heterocycles. The summed E-state index contributed by atoms with van der Waals surface area (Å²) >= 11 is 5.60. The largest absolute Gasteiger partial charge is 0.354 e. The SMILES string of the molecule is CS(=O)(=O)CCCNc1ncc(Cl)cn1. The maximum atomic E-state index is 10.8. The van der Waals surface area contributed by atoms with Crippen LogP contribution in [0.2, 0.25) is 5.02 Å². The van der Waals surface area contributed by atoms with E-state index in [0.29, 0.717) is 23.9 Å². The van der Waals surface area contributed by atoms with Crippen molar-refractivity contribution in [3.63, 3.8) is 0 Å². The van der Waals surface area contributed by atoms with Crippen molar-refractivity contribution < 1.29 is 8.42 Å². The Kier molecular flexibility index (Phi) is 4.28. The predicted octanol–water partition coefficient (Wildman–Crippen LogP) is 0.977. The van der Waals surface area contributed by atoms with Crippen LogP contribution in [0.3, 0.4) is 0 Å². The monoisotopic (exact) mass is 249 g/mol. The Balaban J connectivity index is 2.29. The Morgan fingerprint density at radius 3 is 2.53 bits per heavy atom. The zero-order valence-electron chi connectivity index (χ0n) is 8.27. The molecule has 7 heteroatoms. The summed E-state index contributed by atoms with van der Waals surface area (Å²) in [6.07, 6.45) is 4.71. The molecule has 0 saturated carbocycles. The molecule has 0 radical (unpaired) electrons. The van der Waals surface area contributed by atoms with Gasteiger partial charge < -0.3 is 5.32 Å². The smallest absolute Gasteiger partial charge is 0.222 e. The average molecular weight is 250 g/mol. The second-order valence-corrected chi connectivity index (χ2v) is 5.83. The Bertz CT molecular complexity index is 404. The molecule has 5 nitrogen and oxygen atoms in total. The van der Waals surface area contributed by atoms with Gasteiger partial charge in [0.25, 0.3) is 0 Å². The molecule has 84 valence electrons. The number of nitrogens with zero attached hydrogens (tertiary/aromatic N) is 2. The summed E-state index contributed by atoms with van der Waals surface area (Å²) < 4.78 is 21.6. The van der Waals surface area contributed by atoms with Crippen molar-refractivity contribution in [1.82, 2.24) is 9.97 Å². The van der Waals surface area contributed by atoms with E-state index in [9.17, 15) is 8.42 Å². The van der Waals surface area contributed by atoms with E-state index in [0.717, 1.165) is 0 Å². The lowest BCUT2D eigenvalue weighted by molar-refractivity contribution is 0.600. The Labute approximate surface area is 93.8 Å². The van der Waals surface area contributed by atoms with Gasteiger partial charge in [0.15, 0.2) is 0 Å². The molecule has 0 unspecified atom stereocenters. The van der Waals surface area contributed by atoms with E-state index in [1.165, 1.54) is 18.6 Å². The molecular weight excluding hydrogens is 238 g/mol. The highest BCUT2D eigenvalue weighted by atomic mass is 35.5. The van der Waals surface area contributed by atoms with Gasteiger partial charge in [0, 0.05) is 12.8 Å². The lowest BCUT2D eigenvalue weighted by Gasteiger charge is -2.03. The van der Waals surface area contributed by atoms with Gasteiger partial charge in [-0.1, -0.05) is 11.6 Å². The third-order valence-electron chi connectivity index (χ3n) is 1.60. The second kappa shape index (κ2) is 5.27. The van der Waals surface area contributed by atoms with E-state index in [1.807, 2.05) is 0 Å². The third-order valence-corrected chi connectivity index (χ3v) is 2.82. The first-order valence-corrected chi connectivity index (χ1v) is 6.80. The molecular formula is C8H12ClN3O2S. The van der Waals surface area contributed by atoms with Crippen LogP contribution in [0.25, 0.3) is 0 Å². The second-order valence-electron chi connectivity index (χ2n) is 3.14. The van der Waals surface area contributed by atoms with Crippen LogP contribution in [0.5, 0.6) is 0 Å². The molecule has 0 aliphatic carbocycles. The van der Waals surface area contributed by atoms with E-state index in [4.69, 9.17) is 11.6 Å². The maximum absolute atomic E-state index is 10.8. The molecule has 1 aromatic heterocycles. The summed E-state index contributed by atoms with van der Waals surface area (Å²) in [7, 11) is -2.89. The van der Waals surface area contributed by atoms with Gasteiger partial charge in [-0.25, -0.2) is 18.4 Å². The Hall–Kier alpha value is -0.880. The number of hydrogen-bond donors (Lipinski definition) is 1. The van der Waals surface area contributed by atoms with Crippen molar-refractivity contribution in [2.75, 3.05) is 23.9 Å². The number of nitrogens with one attached hydrogen (secondary N) is 1. The van der Waals surface area contributed by atoms with Crippen LogP contribution in [-0.4, -0.2) is 36.9 Å². The van der Waals surface area contributed by atoms with Gasteiger partial charge in [-0.2, -0.15) is 0 Å². The summed E-state index contributed by atoms with van der Waals surface area (Å²) in [6, 6.07) is 0. The van der Waals surface area contributed by atoms with Gasteiger partial charge in [0.05, 0.1) is 23.2 Å². The molecule has 0 aromatic carbocycles. The van der Waals surface area contributed by atoms with Gasteiger partial charge in [-0.05, 0) is 6.42 Å². The average Bonchev–Trinajstić information content (AvgIpc) is 2.14. The zero-order valence-corrected chi connectivity index (χ0v) is 9.85. The van der Waals surface area contributed by atoms with Crippen LogP contribution in [-0.2, 0) is 9.84 Å². The van der Waals surface area contributed by atoms with E-state index in [1.54, 1.807) is 0 Å². The molecule has 0 aliphatic heterocycles. The highest BCUT2D eigenvalue weighted by molar-refractivity contribution is 7.90. The predicted molar refractivity (Wildman–Crippen MR) is 59.9 cm³/mol. The minimum atomic E-state index is -2.89. The molecule has 0 aliphatic rings. The lowest BCUT2D eigenvalue weighted by Crippen LogP contribution is -2.11. The number of halogens is 1. The number of anilines is 1. The topological polar surface area (TPSA) is 72.0 Å². The van der Waals surface area contributed by atoms with E-state index in [-0.39, 0.29) is 5.75 Å². The van der Waals surface area contributed by atoms with Gasteiger partial charge in [0.1, 0.15) is 9.84 Å². The summed E-state index contributed by atoms with van der Waals surface area (Å²) in [4.78, 5) is 7.82. The van der Waals surface area contributed by atoms with Crippen molar-refractivity contribution in [2.45, 2.75) is 6.42 Å².